The lowest BCUT2D eigenvalue weighted by Gasteiger charge is -2.28. The number of carbonyl (C=O) groups excluding carboxylic acids is 2. The maximum absolute atomic E-state index is 11.7. The Morgan fingerprint density at radius 3 is 2.33 bits per heavy atom. The van der Waals surface area contributed by atoms with Crippen molar-refractivity contribution in [2.45, 2.75) is 11.5 Å². The molecule has 18 heavy (non-hydrogen) atoms. The number of hydrogen-bond donors (Lipinski definition) is 1. The fraction of sp³-hybridized carbons (Fsp3) is 0.333. The number of thiophene rings is 1. The van der Waals surface area contributed by atoms with Gasteiger partial charge in [0, 0.05) is 4.88 Å². The molecule has 0 aliphatic carbocycles. The monoisotopic (exact) mass is 270 g/mol. The first-order chi connectivity index (χ1) is 8.52. The number of rotatable bonds is 5. The summed E-state index contributed by atoms with van der Waals surface area (Å²) < 4.78 is 8.97. The van der Waals surface area contributed by atoms with Crippen molar-refractivity contribution in [1.82, 2.24) is 0 Å². The highest BCUT2D eigenvalue weighted by Gasteiger charge is 2.53. The normalized spacial score (nSPS) is 12.6. The number of methoxy groups -OCH3 is 2. The molecule has 6 heteroatoms. The molecule has 0 spiro atoms. The number of esters is 2. The molecule has 1 aromatic rings. The van der Waals surface area contributed by atoms with Gasteiger partial charge in [-0.1, -0.05) is 12.1 Å². The van der Waals surface area contributed by atoms with Gasteiger partial charge in [-0.05, 0) is 11.4 Å². The highest BCUT2D eigenvalue weighted by Crippen LogP contribution is 2.34. The zero-order chi connectivity index (χ0) is 13.8. The lowest BCUT2D eigenvalue weighted by Crippen LogP contribution is -2.52. The molecule has 0 bridgehead atoms. The van der Waals surface area contributed by atoms with E-state index in [9.17, 15) is 14.7 Å². The van der Waals surface area contributed by atoms with Gasteiger partial charge in [0.05, 0.1) is 20.1 Å². The first kappa shape index (κ1) is 14.4. The highest BCUT2D eigenvalue weighted by atomic mass is 32.1. The fourth-order valence-corrected chi connectivity index (χ4v) is 2.49. The van der Waals surface area contributed by atoms with Crippen LogP contribution in [0.15, 0.2) is 30.2 Å². The summed E-state index contributed by atoms with van der Waals surface area (Å²) in [5.74, 6) is -3.07. The molecule has 0 fully saturated rings. The summed E-state index contributed by atoms with van der Waals surface area (Å²) in [5.41, 5.74) is -2.42. The third-order valence-electron chi connectivity index (χ3n) is 2.53. The highest BCUT2D eigenvalue weighted by molar-refractivity contribution is 7.10. The lowest BCUT2D eigenvalue weighted by atomic mass is 9.86. The molecule has 0 radical (unpaired) electrons. The van der Waals surface area contributed by atoms with Crippen molar-refractivity contribution in [2.24, 2.45) is 0 Å². The van der Waals surface area contributed by atoms with E-state index in [1.54, 1.807) is 17.5 Å². The molecule has 0 aromatic carbocycles. The summed E-state index contributed by atoms with van der Waals surface area (Å²) in [7, 11) is 2.18. The Hall–Kier alpha value is -1.66. The van der Waals surface area contributed by atoms with Crippen molar-refractivity contribution in [3.05, 3.63) is 35.0 Å². The van der Waals surface area contributed by atoms with Crippen LogP contribution in [0, 0.1) is 0 Å². The molecule has 0 saturated heterocycles. The zero-order valence-corrected chi connectivity index (χ0v) is 10.9. The smallest absolute Gasteiger partial charge is 0.350 e. The minimum atomic E-state index is -2.42. The minimum absolute atomic E-state index is 0.614. The van der Waals surface area contributed by atoms with E-state index in [4.69, 9.17) is 0 Å². The second-order valence-electron chi connectivity index (χ2n) is 3.48. The third kappa shape index (κ3) is 2.30. The van der Waals surface area contributed by atoms with Crippen LogP contribution in [0.1, 0.15) is 10.8 Å². The SMILES string of the molecule is C=C[C@H](c1cccs1)C(O)(C(=O)OC)C(=O)OC. The van der Waals surface area contributed by atoms with E-state index in [1.807, 2.05) is 0 Å². The van der Waals surface area contributed by atoms with Gasteiger partial charge in [0.2, 0.25) is 0 Å². The topological polar surface area (TPSA) is 72.8 Å². The Morgan fingerprint density at radius 1 is 1.44 bits per heavy atom. The van der Waals surface area contributed by atoms with Crippen LogP contribution in [0.4, 0.5) is 0 Å². The average Bonchev–Trinajstić information content (AvgIpc) is 2.90. The number of ether oxygens (including phenoxy) is 2. The van der Waals surface area contributed by atoms with Crippen molar-refractivity contribution >= 4 is 23.3 Å². The summed E-state index contributed by atoms with van der Waals surface area (Å²) in [6.07, 6.45) is 1.32. The first-order valence-corrected chi connectivity index (χ1v) is 5.95. The molecular formula is C12H14O5S. The van der Waals surface area contributed by atoms with Gasteiger partial charge >= 0.3 is 11.9 Å². The summed E-state index contributed by atoms with van der Waals surface area (Å²) in [5, 5.41) is 12.1. The molecule has 1 rings (SSSR count). The second-order valence-corrected chi connectivity index (χ2v) is 4.46. The van der Waals surface area contributed by atoms with E-state index in [0.29, 0.717) is 4.88 Å². The Bertz CT molecular complexity index is 421. The quantitative estimate of drug-likeness (QED) is 0.492. The summed E-state index contributed by atoms with van der Waals surface area (Å²) in [4.78, 5) is 24.0. The van der Waals surface area contributed by atoms with E-state index in [1.165, 1.54) is 17.4 Å². The van der Waals surface area contributed by atoms with E-state index in [2.05, 4.69) is 16.1 Å². The standard InChI is InChI=1S/C12H14O5S/c1-4-8(9-6-5-7-18-9)12(15,10(13)16-2)11(14)17-3/h4-8,15H,1H2,2-3H3/t8-/m1/s1. The van der Waals surface area contributed by atoms with Gasteiger partial charge in [-0.15, -0.1) is 17.9 Å². The van der Waals surface area contributed by atoms with Gasteiger partial charge in [0.15, 0.2) is 0 Å². The Morgan fingerprint density at radius 2 is 2.00 bits per heavy atom. The maximum Gasteiger partial charge on any atom is 0.350 e. The van der Waals surface area contributed by atoms with Crippen LogP contribution in [0.25, 0.3) is 0 Å². The van der Waals surface area contributed by atoms with Gasteiger partial charge in [-0.3, -0.25) is 0 Å². The third-order valence-corrected chi connectivity index (χ3v) is 3.48. The van der Waals surface area contributed by atoms with Crippen LogP contribution in [-0.2, 0) is 19.1 Å². The molecule has 98 valence electrons. The van der Waals surface area contributed by atoms with Crippen molar-refractivity contribution in [1.29, 1.82) is 0 Å². The van der Waals surface area contributed by atoms with Crippen molar-refractivity contribution in [2.75, 3.05) is 14.2 Å². The molecule has 1 heterocycles. The van der Waals surface area contributed by atoms with Crippen LogP contribution in [0.5, 0.6) is 0 Å². The van der Waals surface area contributed by atoms with Gasteiger partial charge in [0.1, 0.15) is 0 Å². The summed E-state index contributed by atoms with van der Waals surface area (Å²) in [6, 6.07) is 3.43. The molecule has 0 aliphatic heterocycles. The number of aliphatic hydroxyl groups is 1. The Kier molecular flexibility index (Phi) is 4.63. The average molecular weight is 270 g/mol. The van der Waals surface area contributed by atoms with E-state index >= 15 is 0 Å². The van der Waals surface area contributed by atoms with E-state index in [-0.39, 0.29) is 0 Å². The van der Waals surface area contributed by atoms with Crippen LogP contribution in [-0.4, -0.2) is 36.9 Å². The summed E-state index contributed by atoms with van der Waals surface area (Å²) >= 11 is 1.29. The second kappa shape index (κ2) is 5.79. The predicted molar refractivity (Wildman–Crippen MR) is 66.2 cm³/mol. The summed E-state index contributed by atoms with van der Waals surface area (Å²) in [6.45, 7) is 3.55. The van der Waals surface area contributed by atoms with Gasteiger partial charge < -0.3 is 14.6 Å². The molecule has 0 aliphatic rings. The van der Waals surface area contributed by atoms with Gasteiger partial charge in [0.25, 0.3) is 5.60 Å². The van der Waals surface area contributed by atoms with E-state index in [0.717, 1.165) is 14.2 Å². The molecular weight excluding hydrogens is 256 g/mol. The largest absolute Gasteiger partial charge is 0.466 e. The van der Waals surface area contributed by atoms with E-state index < -0.39 is 23.5 Å². The van der Waals surface area contributed by atoms with Crippen LogP contribution < -0.4 is 0 Å². The fourth-order valence-electron chi connectivity index (χ4n) is 1.61. The predicted octanol–water partition coefficient (Wildman–Crippen LogP) is 1.09. The van der Waals surface area contributed by atoms with Crippen LogP contribution >= 0.6 is 11.3 Å². The van der Waals surface area contributed by atoms with Crippen molar-refractivity contribution in [3.63, 3.8) is 0 Å². The van der Waals surface area contributed by atoms with Crippen molar-refractivity contribution < 1.29 is 24.2 Å². The van der Waals surface area contributed by atoms with Gasteiger partial charge in [-0.2, -0.15) is 0 Å². The Labute approximate surface area is 109 Å². The first-order valence-electron chi connectivity index (χ1n) is 5.07. The number of hydrogen-bond acceptors (Lipinski definition) is 6. The molecule has 1 atom stereocenters. The van der Waals surface area contributed by atoms with Gasteiger partial charge in [-0.25, -0.2) is 9.59 Å². The molecule has 1 N–H and O–H groups in total. The molecule has 5 nitrogen and oxygen atoms in total. The van der Waals surface area contributed by atoms with Crippen LogP contribution in [0.2, 0.25) is 0 Å². The number of carbonyl (C=O) groups is 2. The maximum atomic E-state index is 11.7. The molecule has 0 saturated carbocycles. The minimum Gasteiger partial charge on any atom is -0.466 e. The molecule has 0 amide bonds. The molecule has 0 unspecified atom stereocenters. The van der Waals surface area contributed by atoms with Crippen LogP contribution in [0.3, 0.4) is 0 Å². The molecule has 1 aromatic heterocycles. The zero-order valence-electron chi connectivity index (χ0n) is 10.1. The lowest BCUT2D eigenvalue weighted by molar-refractivity contribution is -0.181. The van der Waals surface area contributed by atoms with Crippen molar-refractivity contribution in [3.8, 4) is 0 Å². The Balaban J connectivity index is 3.28.